The van der Waals surface area contributed by atoms with E-state index >= 15 is 0 Å². The van der Waals surface area contributed by atoms with Crippen molar-refractivity contribution in [1.82, 2.24) is 15.3 Å². The van der Waals surface area contributed by atoms with Crippen LogP contribution in [-0.4, -0.2) is 34.7 Å². The van der Waals surface area contributed by atoms with Crippen molar-refractivity contribution in [3.63, 3.8) is 0 Å². The number of ketones is 1. The molecule has 1 amide bonds. The number of pyridine rings is 2. The van der Waals surface area contributed by atoms with Crippen LogP contribution in [0.3, 0.4) is 0 Å². The Balaban J connectivity index is 1.61. The Morgan fingerprint density at radius 3 is 2.62 bits per heavy atom. The fourth-order valence-corrected chi connectivity index (χ4v) is 2.95. The van der Waals surface area contributed by atoms with Gasteiger partial charge in [0.05, 0.1) is 0 Å². The second kappa shape index (κ2) is 9.07. The molecule has 1 fully saturated rings. The number of Topliss-reactive ketones (excluding diaryl/α,β-unsaturated/α-hetero) is 1. The number of alkyl halides is 2. The number of ether oxygens (including phenoxy) is 1. The number of nitrogens with zero attached hydrogens (tertiary/aromatic N) is 2. The van der Waals surface area contributed by atoms with Gasteiger partial charge in [0, 0.05) is 47.6 Å². The molecule has 2 aromatic heterocycles. The van der Waals surface area contributed by atoms with Crippen molar-refractivity contribution < 1.29 is 23.1 Å². The van der Waals surface area contributed by atoms with Crippen molar-refractivity contribution in [1.29, 1.82) is 0 Å². The number of halogens is 2. The number of aromatic nitrogens is 2. The molecular formula is C21H23F2N3O3. The van der Waals surface area contributed by atoms with Gasteiger partial charge in [-0.1, -0.05) is 6.07 Å². The van der Waals surface area contributed by atoms with Gasteiger partial charge in [-0.15, -0.1) is 0 Å². The second-order valence-corrected chi connectivity index (χ2v) is 7.18. The highest BCUT2D eigenvalue weighted by molar-refractivity contribution is 5.94. The minimum Gasteiger partial charge on any atom is -0.472 e. The smallest absolute Gasteiger partial charge is 0.272 e. The lowest BCUT2D eigenvalue weighted by Crippen LogP contribution is -2.24. The van der Waals surface area contributed by atoms with E-state index in [9.17, 15) is 18.4 Å². The lowest BCUT2D eigenvalue weighted by molar-refractivity contribution is -0.119. The zero-order valence-corrected chi connectivity index (χ0v) is 16.4. The summed E-state index contributed by atoms with van der Waals surface area (Å²) in [7, 11) is 0. The Kier molecular flexibility index (Phi) is 6.51. The van der Waals surface area contributed by atoms with E-state index in [0.29, 0.717) is 22.6 Å². The Labute approximate surface area is 167 Å². The van der Waals surface area contributed by atoms with E-state index < -0.39 is 13.0 Å². The first-order valence-corrected chi connectivity index (χ1v) is 9.47. The largest absolute Gasteiger partial charge is 0.472 e. The van der Waals surface area contributed by atoms with E-state index in [4.69, 9.17) is 4.74 Å². The maximum absolute atomic E-state index is 12.6. The average molecular weight is 403 g/mol. The first-order valence-electron chi connectivity index (χ1n) is 9.47. The second-order valence-electron chi connectivity index (χ2n) is 7.18. The van der Waals surface area contributed by atoms with Crippen LogP contribution >= 0.6 is 0 Å². The van der Waals surface area contributed by atoms with Gasteiger partial charge in [0.1, 0.15) is 5.78 Å². The molecule has 0 aromatic carbocycles. The monoisotopic (exact) mass is 403 g/mol. The number of hydrogen-bond acceptors (Lipinski definition) is 5. The third kappa shape index (κ3) is 6.04. The van der Waals surface area contributed by atoms with E-state index in [1.54, 1.807) is 32.0 Å². The molecule has 0 aliphatic heterocycles. The van der Waals surface area contributed by atoms with Gasteiger partial charge in [0.25, 0.3) is 12.3 Å². The molecule has 2 aromatic rings. The van der Waals surface area contributed by atoms with Gasteiger partial charge in [0.15, 0.2) is 6.61 Å². The Morgan fingerprint density at radius 1 is 1.21 bits per heavy atom. The summed E-state index contributed by atoms with van der Waals surface area (Å²) in [5.41, 5.74) is 3.05. The van der Waals surface area contributed by atoms with Crippen LogP contribution in [0.1, 0.15) is 45.8 Å². The molecule has 8 heteroatoms. The summed E-state index contributed by atoms with van der Waals surface area (Å²) in [5, 5.41) is 2.82. The van der Waals surface area contributed by atoms with Crippen LogP contribution in [0, 0.1) is 19.8 Å². The average Bonchev–Trinajstić information content (AvgIpc) is 3.50. The third-order valence-corrected chi connectivity index (χ3v) is 4.62. The van der Waals surface area contributed by atoms with Gasteiger partial charge in [0.2, 0.25) is 5.88 Å². The number of rotatable bonds is 9. The predicted molar refractivity (Wildman–Crippen MR) is 102 cm³/mol. The molecule has 0 saturated heterocycles. The predicted octanol–water partition coefficient (Wildman–Crippen LogP) is 3.19. The highest BCUT2D eigenvalue weighted by atomic mass is 19.3. The van der Waals surface area contributed by atoms with Crippen LogP contribution in [0.25, 0.3) is 0 Å². The van der Waals surface area contributed by atoms with E-state index in [2.05, 4.69) is 15.3 Å². The summed E-state index contributed by atoms with van der Waals surface area (Å²) in [6.45, 7) is 3.02. The summed E-state index contributed by atoms with van der Waals surface area (Å²) in [6.07, 6.45) is -0.436. The van der Waals surface area contributed by atoms with Crippen LogP contribution < -0.4 is 10.1 Å². The van der Waals surface area contributed by atoms with Crippen molar-refractivity contribution in [3.8, 4) is 5.88 Å². The third-order valence-electron chi connectivity index (χ3n) is 4.62. The highest BCUT2D eigenvalue weighted by Gasteiger charge is 2.29. The van der Waals surface area contributed by atoms with Crippen LogP contribution in [0.5, 0.6) is 5.88 Å². The Bertz CT molecular complexity index is 914. The minimum absolute atomic E-state index is 0.118. The quantitative estimate of drug-likeness (QED) is 0.696. The van der Waals surface area contributed by atoms with Crippen molar-refractivity contribution in [2.45, 2.75) is 46.1 Å². The molecule has 0 radical (unpaired) electrons. The van der Waals surface area contributed by atoms with Gasteiger partial charge in [-0.05, 0) is 44.4 Å². The van der Waals surface area contributed by atoms with Crippen molar-refractivity contribution in [2.75, 3.05) is 6.61 Å². The molecule has 154 valence electrons. The normalized spacial score (nSPS) is 13.4. The molecule has 1 aliphatic rings. The molecule has 3 rings (SSSR count). The van der Waals surface area contributed by atoms with Crippen molar-refractivity contribution >= 4 is 11.7 Å². The summed E-state index contributed by atoms with van der Waals surface area (Å²) < 4.78 is 29.3. The number of nitrogens with one attached hydrogen (secondary N) is 1. The van der Waals surface area contributed by atoms with Gasteiger partial charge < -0.3 is 10.1 Å². The van der Waals surface area contributed by atoms with Gasteiger partial charge in [-0.3, -0.25) is 14.6 Å². The first kappa shape index (κ1) is 20.8. The lowest BCUT2D eigenvalue weighted by atomic mass is 10.1. The van der Waals surface area contributed by atoms with Crippen LogP contribution in [0.15, 0.2) is 24.3 Å². The van der Waals surface area contributed by atoms with E-state index in [-0.39, 0.29) is 36.5 Å². The molecule has 1 aliphatic carbocycles. The number of aryl methyl sites for hydroxylation is 2. The van der Waals surface area contributed by atoms with Gasteiger partial charge in [-0.2, -0.15) is 0 Å². The van der Waals surface area contributed by atoms with E-state index in [1.807, 2.05) is 0 Å². The van der Waals surface area contributed by atoms with Crippen molar-refractivity contribution in [3.05, 3.63) is 52.5 Å². The fraction of sp³-hybridized carbons (Fsp3) is 0.429. The number of hydrogen-bond donors (Lipinski definition) is 1. The fourth-order valence-electron chi connectivity index (χ4n) is 2.95. The van der Waals surface area contributed by atoms with Crippen LogP contribution in [-0.2, 0) is 17.8 Å². The van der Waals surface area contributed by atoms with Gasteiger partial charge >= 0.3 is 0 Å². The summed E-state index contributed by atoms with van der Waals surface area (Å²) in [6, 6.07) is 6.50. The molecule has 0 bridgehead atoms. The topological polar surface area (TPSA) is 81.2 Å². The molecule has 0 unspecified atom stereocenters. The minimum atomic E-state index is -2.57. The highest BCUT2D eigenvalue weighted by Crippen LogP contribution is 2.30. The van der Waals surface area contributed by atoms with Crippen molar-refractivity contribution in [2.24, 2.45) is 5.92 Å². The maximum atomic E-state index is 12.6. The Morgan fingerprint density at radius 2 is 1.97 bits per heavy atom. The zero-order chi connectivity index (χ0) is 21.0. The molecule has 0 spiro atoms. The summed E-state index contributed by atoms with van der Waals surface area (Å²) in [4.78, 5) is 33.1. The standard InChI is InChI=1S/C21H23F2N3O3/c1-12-7-16(8-17(25-12)9-18(27)14-3-4-14)21(28)24-10-15-5-6-20(26-13(15)2)29-11-19(22)23/h5-8,14,19H,3-4,9-11H2,1-2H3,(H,24,28). The van der Waals surface area contributed by atoms with Crippen LogP contribution in [0.4, 0.5) is 8.78 Å². The SMILES string of the molecule is Cc1cc(C(=O)NCc2ccc(OCC(F)F)nc2C)cc(CC(=O)C2CC2)n1. The van der Waals surface area contributed by atoms with E-state index in [0.717, 1.165) is 18.4 Å². The van der Waals surface area contributed by atoms with Crippen LogP contribution in [0.2, 0.25) is 0 Å². The first-order chi connectivity index (χ1) is 13.8. The zero-order valence-electron chi connectivity index (χ0n) is 16.4. The number of carbonyl (C=O) groups excluding carboxylic acids is 2. The van der Waals surface area contributed by atoms with Gasteiger partial charge in [-0.25, -0.2) is 13.8 Å². The molecular weight excluding hydrogens is 380 g/mol. The summed E-state index contributed by atoms with van der Waals surface area (Å²) in [5.74, 6) is 0.156. The number of carbonyl (C=O) groups is 2. The molecule has 0 atom stereocenters. The Hall–Kier alpha value is -2.90. The maximum Gasteiger partial charge on any atom is 0.272 e. The molecule has 1 N–H and O–H groups in total. The number of amides is 1. The molecule has 2 heterocycles. The lowest BCUT2D eigenvalue weighted by Gasteiger charge is -2.11. The molecule has 1 saturated carbocycles. The molecule has 6 nitrogen and oxygen atoms in total. The summed E-state index contributed by atoms with van der Waals surface area (Å²) >= 11 is 0. The van der Waals surface area contributed by atoms with E-state index in [1.165, 1.54) is 6.07 Å². The molecule has 29 heavy (non-hydrogen) atoms.